The molecule has 0 aliphatic carbocycles. The maximum atomic E-state index is 12.7. The topological polar surface area (TPSA) is 66.0 Å². The van der Waals surface area contributed by atoms with Crippen molar-refractivity contribution in [1.29, 1.82) is 0 Å². The van der Waals surface area contributed by atoms with Crippen LogP contribution in [-0.2, 0) is 20.9 Å². The van der Waals surface area contributed by atoms with Crippen molar-refractivity contribution < 1.29 is 14.3 Å². The normalized spacial score (nSPS) is 19.3. The SMILES string of the molecule is CCOC(=O)C1CCN(C(=O)CN2CCN(Cc3nc4ccccc4s3)CC2)CC1. The highest BCUT2D eigenvalue weighted by atomic mass is 32.1. The molecule has 0 radical (unpaired) electrons. The highest BCUT2D eigenvalue weighted by Crippen LogP contribution is 2.23. The summed E-state index contributed by atoms with van der Waals surface area (Å²) in [6.45, 7) is 8.60. The van der Waals surface area contributed by atoms with Crippen LogP contribution in [0.2, 0.25) is 0 Å². The first kappa shape index (κ1) is 21.2. The summed E-state index contributed by atoms with van der Waals surface area (Å²) in [4.78, 5) is 35.9. The minimum Gasteiger partial charge on any atom is -0.466 e. The molecule has 0 saturated carbocycles. The number of aromatic nitrogens is 1. The molecule has 7 nitrogen and oxygen atoms in total. The van der Waals surface area contributed by atoms with Crippen LogP contribution in [0.15, 0.2) is 24.3 Å². The van der Waals surface area contributed by atoms with E-state index < -0.39 is 0 Å². The van der Waals surface area contributed by atoms with Gasteiger partial charge in [-0.05, 0) is 31.9 Å². The number of benzene rings is 1. The van der Waals surface area contributed by atoms with Crippen molar-refractivity contribution in [1.82, 2.24) is 19.7 Å². The van der Waals surface area contributed by atoms with Crippen LogP contribution in [0.4, 0.5) is 0 Å². The number of para-hydroxylation sites is 1. The summed E-state index contributed by atoms with van der Waals surface area (Å²) in [5.41, 5.74) is 1.08. The van der Waals surface area contributed by atoms with Crippen molar-refractivity contribution >= 4 is 33.4 Å². The van der Waals surface area contributed by atoms with Crippen molar-refractivity contribution in [2.24, 2.45) is 5.92 Å². The molecule has 2 aliphatic rings. The second-order valence-electron chi connectivity index (χ2n) is 8.03. The first-order valence-corrected chi connectivity index (χ1v) is 11.7. The fourth-order valence-electron chi connectivity index (χ4n) is 4.20. The van der Waals surface area contributed by atoms with Gasteiger partial charge in [0, 0.05) is 39.3 Å². The summed E-state index contributed by atoms with van der Waals surface area (Å²) in [6.07, 6.45) is 1.42. The maximum Gasteiger partial charge on any atom is 0.309 e. The number of hydrogen-bond donors (Lipinski definition) is 0. The molecule has 2 aliphatic heterocycles. The Morgan fingerprint density at radius 2 is 1.77 bits per heavy atom. The fraction of sp³-hybridized carbons (Fsp3) is 0.591. The van der Waals surface area contributed by atoms with E-state index in [2.05, 4.69) is 28.0 Å². The van der Waals surface area contributed by atoms with Crippen LogP contribution >= 0.6 is 11.3 Å². The van der Waals surface area contributed by atoms with Gasteiger partial charge in [0.1, 0.15) is 5.01 Å². The molecule has 3 heterocycles. The number of nitrogens with zero attached hydrogens (tertiary/aromatic N) is 4. The molecule has 2 aromatic rings. The molecule has 2 saturated heterocycles. The third-order valence-electron chi connectivity index (χ3n) is 5.99. The van der Waals surface area contributed by atoms with Crippen LogP contribution in [0.5, 0.6) is 0 Å². The zero-order chi connectivity index (χ0) is 20.9. The lowest BCUT2D eigenvalue weighted by Gasteiger charge is -2.36. The second-order valence-corrected chi connectivity index (χ2v) is 9.15. The highest BCUT2D eigenvalue weighted by molar-refractivity contribution is 7.18. The molecule has 4 rings (SSSR count). The lowest BCUT2D eigenvalue weighted by atomic mass is 9.97. The number of esters is 1. The molecule has 0 N–H and O–H groups in total. The number of fused-ring (bicyclic) bond motifs is 1. The van der Waals surface area contributed by atoms with Gasteiger partial charge in [-0.3, -0.25) is 19.4 Å². The Bertz CT molecular complexity index is 837. The predicted molar refractivity (Wildman–Crippen MR) is 117 cm³/mol. The number of thiazole rings is 1. The van der Waals surface area contributed by atoms with Gasteiger partial charge in [-0.1, -0.05) is 12.1 Å². The maximum absolute atomic E-state index is 12.7. The minimum atomic E-state index is -0.117. The predicted octanol–water partition coefficient (Wildman–Crippen LogP) is 2.22. The first-order chi connectivity index (χ1) is 14.6. The van der Waals surface area contributed by atoms with Crippen LogP contribution < -0.4 is 0 Å². The monoisotopic (exact) mass is 430 g/mol. The smallest absolute Gasteiger partial charge is 0.309 e. The average molecular weight is 431 g/mol. The molecule has 0 spiro atoms. The van der Waals surface area contributed by atoms with Crippen molar-refractivity contribution in [2.45, 2.75) is 26.3 Å². The van der Waals surface area contributed by atoms with E-state index in [1.807, 2.05) is 17.9 Å². The van der Waals surface area contributed by atoms with Crippen molar-refractivity contribution in [3.63, 3.8) is 0 Å². The lowest BCUT2D eigenvalue weighted by molar-refractivity contribution is -0.151. The Morgan fingerprint density at radius 1 is 1.07 bits per heavy atom. The number of carbonyl (C=O) groups is 2. The Hall–Kier alpha value is -2.03. The number of rotatable bonds is 6. The summed E-state index contributed by atoms with van der Waals surface area (Å²) in [6, 6.07) is 8.27. The summed E-state index contributed by atoms with van der Waals surface area (Å²) in [7, 11) is 0. The molecular weight excluding hydrogens is 400 g/mol. The number of amides is 1. The Labute approximate surface area is 181 Å². The summed E-state index contributed by atoms with van der Waals surface area (Å²) >= 11 is 1.77. The average Bonchev–Trinajstić information content (AvgIpc) is 3.17. The van der Waals surface area contributed by atoms with E-state index >= 15 is 0 Å². The number of carbonyl (C=O) groups excluding carboxylic acids is 2. The van der Waals surface area contributed by atoms with Crippen LogP contribution in [0.3, 0.4) is 0 Å². The van der Waals surface area contributed by atoms with Gasteiger partial charge in [-0.15, -0.1) is 11.3 Å². The highest BCUT2D eigenvalue weighted by Gasteiger charge is 2.29. The molecule has 8 heteroatoms. The van der Waals surface area contributed by atoms with E-state index in [-0.39, 0.29) is 17.8 Å². The van der Waals surface area contributed by atoms with Crippen molar-refractivity contribution in [3.8, 4) is 0 Å². The van der Waals surface area contributed by atoms with Crippen molar-refractivity contribution in [3.05, 3.63) is 29.3 Å². The Morgan fingerprint density at radius 3 is 2.47 bits per heavy atom. The summed E-state index contributed by atoms with van der Waals surface area (Å²) in [5, 5.41) is 1.16. The zero-order valence-corrected chi connectivity index (χ0v) is 18.4. The number of piperazine rings is 1. The van der Waals surface area contributed by atoms with E-state index in [0.29, 0.717) is 39.1 Å². The van der Waals surface area contributed by atoms with Gasteiger partial charge in [-0.2, -0.15) is 0 Å². The van der Waals surface area contributed by atoms with Gasteiger partial charge < -0.3 is 9.64 Å². The van der Waals surface area contributed by atoms with Gasteiger partial charge in [0.2, 0.25) is 5.91 Å². The molecule has 162 valence electrons. The van der Waals surface area contributed by atoms with Crippen molar-refractivity contribution in [2.75, 3.05) is 52.4 Å². The molecule has 1 amide bonds. The molecule has 1 aromatic carbocycles. The third-order valence-corrected chi connectivity index (χ3v) is 7.01. The lowest BCUT2D eigenvalue weighted by Crippen LogP contribution is -2.51. The van der Waals surface area contributed by atoms with E-state index in [1.165, 1.54) is 4.70 Å². The van der Waals surface area contributed by atoms with Gasteiger partial charge in [0.15, 0.2) is 0 Å². The quantitative estimate of drug-likeness (QED) is 0.655. The molecule has 0 unspecified atom stereocenters. The fourth-order valence-corrected chi connectivity index (χ4v) is 5.21. The molecule has 0 bridgehead atoms. The van der Waals surface area contributed by atoms with Gasteiger partial charge in [0.25, 0.3) is 0 Å². The van der Waals surface area contributed by atoms with E-state index in [4.69, 9.17) is 9.72 Å². The van der Waals surface area contributed by atoms with Gasteiger partial charge in [0.05, 0.1) is 35.8 Å². The van der Waals surface area contributed by atoms with E-state index in [0.717, 1.165) is 43.2 Å². The Balaban J connectivity index is 1.19. The minimum absolute atomic E-state index is 0.0555. The standard InChI is InChI=1S/C22H30N4O3S/c1-2-29-22(28)17-7-9-26(10-8-17)21(27)16-25-13-11-24(12-14-25)15-20-23-18-5-3-4-6-19(18)30-20/h3-6,17H,2,7-16H2,1H3. The summed E-state index contributed by atoms with van der Waals surface area (Å²) in [5.74, 6) is 0.00540. The number of ether oxygens (including phenoxy) is 1. The Kier molecular flexibility index (Phi) is 6.97. The number of hydrogen-bond acceptors (Lipinski definition) is 7. The molecule has 30 heavy (non-hydrogen) atoms. The molecule has 2 fully saturated rings. The first-order valence-electron chi connectivity index (χ1n) is 10.9. The van der Waals surface area contributed by atoms with Crippen LogP contribution in [0.1, 0.15) is 24.8 Å². The van der Waals surface area contributed by atoms with Gasteiger partial charge >= 0.3 is 5.97 Å². The van der Waals surface area contributed by atoms with Crippen LogP contribution in [0.25, 0.3) is 10.2 Å². The third kappa shape index (κ3) is 5.17. The van der Waals surface area contributed by atoms with Crippen LogP contribution in [0, 0.1) is 5.92 Å². The van der Waals surface area contributed by atoms with E-state index in [9.17, 15) is 9.59 Å². The molecule has 1 aromatic heterocycles. The largest absolute Gasteiger partial charge is 0.466 e. The van der Waals surface area contributed by atoms with E-state index in [1.54, 1.807) is 11.3 Å². The van der Waals surface area contributed by atoms with Crippen LogP contribution in [-0.4, -0.2) is 84.0 Å². The van der Waals surface area contributed by atoms with Gasteiger partial charge in [-0.25, -0.2) is 4.98 Å². The number of piperidine rings is 1. The number of likely N-dealkylation sites (tertiary alicyclic amines) is 1. The molecule has 0 atom stereocenters. The second kappa shape index (κ2) is 9.85. The summed E-state index contributed by atoms with van der Waals surface area (Å²) < 4.78 is 6.35. The molecular formula is C22H30N4O3S. The zero-order valence-electron chi connectivity index (χ0n) is 17.6.